The van der Waals surface area contributed by atoms with Gasteiger partial charge in [-0.1, -0.05) is 32.0 Å². The second-order valence-corrected chi connectivity index (χ2v) is 5.02. The summed E-state index contributed by atoms with van der Waals surface area (Å²) in [6.07, 6.45) is 4.89. The number of rotatable bonds is 7. The first-order valence-corrected chi connectivity index (χ1v) is 6.96. The Balaban J connectivity index is 2.45. The third kappa shape index (κ3) is 4.91. The van der Waals surface area contributed by atoms with Crippen LogP contribution in [0.2, 0.25) is 0 Å². The van der Waals surface area contributed by atoms with Crippen LogP contribution in [0.5, 0.6) is 0 Å². The van der Waals surface area contributed by atoms with E-state index in [2.05, 4.69) is 51.2 Å². The summed E-state index contributed by atoms with van der Waals surface area (Å²) in [6.45, 7) is 10.0. The lowest BCUT2D eigenvalue weighted by molar-refractivity contribution is 0.468. The number of hydrogen-bond acceptors (Lipinski definition) is 1. The molecule has 0 heterocycles. The van der Waals surface area contributed by atoms with Gasteiger partial charge in [-0.2, -0.15) is 0 Å². The van der Waals surface area contributed by atoms with Crippen molar-refractivity contribution in [3.63, 3.8) is 0 Å². The van der Waals surface area contributed by atoms with E-state index in [-0.39, 0.29) is 0 Å². The van der Waals surface area contributed by atoms with Crippen LogP contribution >= 0.6 is 0 Å². The average molecular weight is 233 g/mol. The van der Waals surface area contributed by atoms with Crippen LogP contribution in [0.3, 0.4) is 0 Å². The van der Waals surface area contributed by atoms with Gasteiger partial charge in [0.2, 0.25) is 0 Å². The Morgan fingerprint density at radius 3 is 2.47 bits per heavy atom. The van der Waals surface area contributed by atoms with Crippen LogP contribution in [0.1, 0.15) is 49.8 Å². The molecule has 17 heavy (non-hydrogen) atoms. The molecule has 1 aromatic rings. The summed E-state index contributed by atoms with van der Waals surface area (Å²) in [5.41, 5.74) is 4.28. The molecule has 0 amide bonds. The minimum absolute atomic E-state index is 0.677. The summed E-state index contributed by atoms with van der Waals surface area (Å²) >= 11 is 0. The Morgan fingerprint density at radius 2 is 1.88 bits per heavy atom. The molecule has 1 N–H and O–H groups in total. The number of aryl methyl sites for hydroxylation is 3. The van der Waals surface area contributed by atoms with Gasteiger partial charge in [0.1, 0.15) is 0 Å². The molecule has 0 bridgehead atoms. The minimum atomic E-state index is 0.677. The first-order valence-electron chi connectivity index (χ1n) is 6.96. The topological polar surface area (TPSA) is 12.0 Å². The Bertz CT molecular complexity index is 330. The van der Waals surface area contributed by atoms with Crippen molar-refractivity contribution < 1.29 is 0 Å². The molecule has 0 spiro atoms. The molecule has 0 aliphatic carbocycles. The summed E-state index contributed by atoms with van der Waals surface area (Å²) < 4.78 is 0. The molecule has 0 fully saturated rings. The summed E-state index contributed by atoms with van der Waals surface area (Å²) in [7, 11) is 0. The summed E-state index contributed by atoms with van der Waals surface area (Å²) in [6, 6.07) is 7.53. The van der Waals surface area contributed by atoms with E-state index >= 15 is 0 Å². The molecule has 0 radical (unpaired) electrons. The van der Waals surface area contributed by atoms with Gasteiger partial charge < -0.3 is 5.32 Å². The molecule has 0 saturated carbocycles. The van der Waals surface area contributed by atoms with E-state index in [9.17, 15) is 0 Å². The Labute approximate surface area is 107 Å². The van der Waals surface area contributed by atoms with Crippen molar-refractivity contribution in [2.45, 2.75) is 59.4 Å². The molecule has 1 heteroatoms. The van der Waals surface area contributed by atoms with Gasteiger partial charge in [-0.15, -0.1) is 0 Å². The third-order valence-electron chi connectivity index (χ3n) is 3.53. The maximum absolute atomic E-state index is 3.62. The van der Waals surface area contributed by atoms with E-state index in [4.69, 9.17) is 0 Å². The first-order chi connectivity index (χ1) is 8.17. The van der Waals surface area contributed by atoms with Crippen molar-refractivity contribution in [1.82, 2.24) is 5.32 Å². The van der Waals surface area contributed by atoms with Gasteiger partial charge in [-0.3, -0.25) is 0 Å². The van der Waals surface area contributed by atoms with Crippen molar-refractivity contribution in [3.8, 4) is 0 Å². The SMILES string of the molecule is CCCNC(CC)CCc1ccc(C)c(C)c1. The average Bonchev–Trinajstić information content (AvgIpc) is 2.34. The van der Waals surface area contributed by atoms with Crippen molar-refractivity contribution >= 4 is 0 Å². The Hall–Kier alpha value is -0.820. The fourth-order valence-corrected chi connectivity index (χ4v) is 2.10. The van der Waals surface area contributed by atoms with Gasteiger partial charge in [0.15, 0.2) is 0 Å². The lowest BCUT2D eigenvalue weighted by Crippen LogP contribution is -2.29. The van der Waals surface area contributed by atoms with Crippen LogP contribution in [-0.4, -0.2) is 12.6 Å². The molecule has 0 aliphatic rings. The normalized spacial score (nSPS) is 12.7. The molecule has 96 valence electrons. The van der Waals surface area contributed by atoms with Gasteiger partial charge in [-0.25, -0.2) is 0 Å². The van der Waals surface area contributed by atoms with Crippen LogP contribution < -0.4 is 5.32 Å². The fourth-order valence-electron chi connectivity index (χ4n) is 2.10. The molecule has 1 aromatic carbocycles. The van der Waals surface area contributed by atoms with E-state index in [0.717, 1.165) is 6.54 Å². The van der Waals surface area contributed by atoms with Crippen molar-refractivity contribution in [1.29, 1.82) is 0 Å². The van der Waals surface area contributed by atoms with Crippen LogP contribution in [0, 0.1) is 13.8 Å². The van der Waals surface area contributed by atoms with E-state index in [0.29, 0.717) is 6.04 Å². The highest BCUT2D eigenvalue weighted by Crippen LogP contribution is 2.13. The Morgan fingerprint density at radius 1 is 1.12 bits per heavy atom. The highest BCUT2D eigenvalue weighted by atomic mass is 14.9. The highest BCUT2D eigenvalue weighted by molar-refractivity contribution is 5.29. The monoisotopic (exact) mass is 233 g/mol. The molecule has 0 saturated heterocycles. The summed E-state index contributed by atoms with van der Waals surface area (Å²) in [5, 5.41) is 3.62. The lowest BCUT2D eigenvalue weighted by atomic mass is 10.00. The van der Waals surface area contributed by atoms with Crippen LogP contribution in [0.15, 0.2) is 18.2 Å². The maximum atomic E-state index is 3.62. The molecule has 0 aromatic heterocycles. The molecule has 1 atom stereocenters. The van der Waals surface area contributed by atoms with Crippen molar-refractivity contribution in [3.05, 3.63) is 34.9 Å². The van der Waals surface area contributed by atoms with Crippen molar-refractivity contribution in [2.24, 2.45) is 0 Å². The minimum Gasteiger partial charge on any atom is -0.314 e. The van der Waals surface area contributed by atoms with Gasteiger partial charge in [-0.05, 0) is 62.8 Å². The second-order valence-electron chi connectivity index (χ2n) is 5.02. The summed E-state index contributed by atoms with van der Waals surface area (Å²) in [5.74, 6) is 0. The van der Waals surface area contributed by atoms with Crippen LogP contribution in [0.25, 0.3) is 0 Å². The standard InChI is InChI=1S/C16H27N/c1-5-11-17-16(6-2)10-9-15-8-7-13(3)14(4)12-15/h7-8,12,16-17H,5-6,9-11H2,1-4H3. The van der Waals surface area contributed by atoms with E-state index in [1.54, 1.807) is 0 Å². The molecule has 1 nitrogen and oxygen atoms in total. The van der Waals surface area contributed by atoms with Gasteiger partial charge >= 0.3 is 0 Å². The molecule has 0 aliphatic heterocycles. The maximum Gasteiger partial charge on any atom is 0.00676 e. The van der Waals surface area contributed by atoms with E-state index in [1.165, 1.54) is 42.4 Å². The zero-order valence-corrected chi connectivity index (χ0v) is 11.8. The number of hydrogen-bond donors (Lipinski definition) is 1. The number of nitrogens with one attached hydrogen (secondary N) is 1. The predicted molar refractivity (Wildman–Crippen MR) is 76.6 cm³/mol. The van der Waals surface area contributed by atoms with Gasteiger partial charge in [0.25, 0.3) is 0 Å². The Kier molecular flexibility index (Phi) is 6.28. The summed E-state index contributed by atoms with van der Waals surface area (Å²) in [4.78, 5) is 0. The second kappa shape index (κ2) is 7.50. The largest absolute Gasteiger partial charge is 0.314 e. The zero-order chi connectivity index (χ0) is 12.7. The quantitative estimate of drug-likeness (QED) is 0.750. The lowest BCUT2D eigenvalue weighted by Gasteiger charge is -2.16. The molecular formula is C16H27N. The predicted octanol–water partition coefficient (Wildman–Crippen LogP) is 4.01. The van der Waals surface area contributed by atoms with Crippen LogP contribution in [0.4, 0.5) is 0 Å². The fraction of sp³-hybridized carbons (Fsp3) is 0.625. The smallest absolute Gasteiger partial charge is 0.00676 e. The van der Waals surface area contributed by atoms with E-state index in [1.807, 2.05) is 0 Å². The highest BCUT2D eigenvalue weighted by Gasteiger charge is 2.05. The van der Waals surface area contributed by atoms with Gasteiger partial charge in [0.05, 0.1) is 0 Å². The van der Waals surface area contributed by atoms with E-state index < -0.39 is 0 Å². The molecule has 1 unspecified atom stereocenters. The molecular weight excluding hydrogens is 206 g/mol. The van der Waals surface area contributed by atoms with Crippen LogP contribution in [-0.2, 0) is 6.42 Å². The number of benzene rings is 1. The van der Waals surface area contributed by atoms with Crippen molar-refractivity contribution in [2.75, 3.05) is 6.54 Å². The first kappa shape index (κ1) is 14.2. The van der Waals surface area contributed by atoms with Gasteiger partial charge in [0, 0.05) is 6.04 Å². The third-order valence-corrected chi connectivity index (χ3v) is 3.53. The zero-order valence-electron chi connectivity index (χ0n) is 11.8. The molecule has 1 rings (SSSR count).